The van der Waals surface area contributed by atoms with Crippen LogP contribution in [0.1, 0.15) is 24.9 Å². The largest absolute Gasteiger partial charge is 0.493 e. The number of carbonyl (C=O) groups is 2. The Labute approximate surface area is 233 Å². The molecule has 39 heavy (non-hydrogen) atoms. The number of nitrogens with zero attached hydrogens (tertiary/aromatic N) is 3. The number of para-hydroxylation sites is 1. The predicted molar refractivity (Wildman–Crippen MR) is 148 cm³/mol. The zero-order chi connectivity index (χ0) is 27.8. The van der Waals surface area contributed by atoms with Crippen molar-refractivity contribution >= 4 is 28.8 Å². The van der Waals surface area contributed by atoms with Crippen molar-refractivity contribution in [1.29, 1.82) is 0 Å². The summed E-state index contributed by atoms with van der Waals surface area (Å²) in [7, 11) is 4.67. The van der Waals surface area contributed by atoms with Gasteiger partial charge in [0, 0.05) is 44.5 Å². The Bertz CT molecular complexity index is 1150. The summed E-state index contributed by atoms with van der Waals surface area (Å²) in [5.74, 6) is 0.408. The van der Waals surface area contributed by atoms with Crippen LogP contribution in [0.3, 0.4) is 0 Å². The first-order valence-corrected chi connectivity index (χ1v) is 13.7. The minimum absolute atomic E-state index is 0.105. The first kappa shape index (κ1) is 28.9. The Hall–Kier alpha value is -3.06. The SMILES string of the molecule is COCCOC(=O)C1=C(C)N=C2SC=C(CC(=O)NCCN3CCOCC3)N2[C@H]1c1cccc(OC)c1OC. The highest BCUT2D eigenvalue weighted by Crippen LogP contribution is 2.48. The summed E-state index contributed by atoms with van der Waals surface area (Å²) in [6.07, 6.45) is 0.128. The number of allylic oxidation sites excluding steroid dienone is 1. The molecular weight excluding hydrogens is 524 g/mol. The number of morpholine rings is 1. The number of rotatable bonds is 12. The van der Waals surface area contributed by atoms with Crippen molar-refractivity contribution in [2.24, 2.45) is 4.99 Å². The van der Waals surface area contributed by atoms with Gasteiger partial charge in [-0.2, -0.15) is 0 Å². The third kappa shape index (κ3) is 6.75. The lowest BCUT2D eigenvalue weighted by molar-refractivity contribution is -0.141. The minimum Gasteiger partial charge on any atom is -0.493 e. The number of nitrogens with one attached hydrogen (secondary N) is 1. The van der Waals surface area contributed by atoms with E-state index in [-0.39, 0.29) is 25.5 Å². The molecule has 212 valence electrons. The van der Waals surface area contributed by atoms with Crippen molar-refractivity contribution in [3.8, 4) is 11.5 Å². The summed E-state index contributed by atoms with van der Waals surface area (Å²) in [4.78, 5) is 35.3. The van der Waals surface area contributed by atoms with Crippen LogP contribution in [0.4, 0.5) is 0 Å². The van der Waals surface area contributed by atoms with Crippen LogP contribution < -0.4 is 14.8 Å². The van der Waals surface area contributed by atoms with Crippen LogP contribution in [0.15, 0.2) is 45.6 Å². The van der Waals surface area contributed by atoms with Gasteiger partial charge in [-0.15, -0.1) is 0 Å². The molecule has 1 N–H and O–H groups in total. The fourth-order valence-corrected chi connectivity index (χ4v) is 5.72. The fourth-order valence-electron chi connectivity index (χ4n) is 4.75. The molecule has 4 rings (SSSR count). The van der Waals surface area contributed by atoms with Gasteiger partial charge in [0.05, 0.1) is 57.8 Å². The molecule has 0 bridgehead atoms. The van der Waals surface area contributed by atoms with Gasteiger partial charge in [0.1, 0.15) is 6.61 Å². The number of amides is 1. The number of benzene rings is 1. The number of hydrogen-bond donors (Lipinski definition) is 1. The van der Waals surface area contributed by atoms with Crippen molar-refractivity contribution in [2.45, 2.75) is 19.4 Å². The molecule has 0 saturated carbocycles. The topological polar surface area (TPSA) is 111 Å². The summed E-state index contributed by atoms with van der Waals surface area (Å²) in [6, 6.07) is 4.88. The van der Waals surface area contributed by atoms with Crippen LogP contribution in [0.25, 0.3) is 0 Å². The Morgan fingerprint density at radius 3 is 2.67 bits per heavy atom. The summed E-state index contributed by atoms with van der Waals surface area (Å²) in [6.45, 7) is 6.64. The highest BCUT2D eigenvalue weighted by Gasteiger charge is 2.42. The van der Waals surface area contributed by atoms with Gasteiger partial charge in [-0.25, -0.2) is 9.79 Å². The lowest BCUT2D eigenvalue weighted by Gasteiger charge is -2.37. The number of methoxy groups -OCH3 is 3. The van der Waals surface area contributed by atoms with Gasteiger partial charge in [-0.1, -0.05) is 23.9 Å². The molecular formula is C27H36N4O7S. The van der Waals surface area contributed by atoms with Crippen molar-refractivity contribution in [1.82, 2.24) is 15.1 Å². The maximum absolute atomic E-state index is 13.4. The van der Waals surface area contributed by atoms with Crippen molar-refractivity contribution in [3.05, 3.63) is 46.1 Å². The second kappa shape index (κ2) is 13.8. The lowest BCUT2D eigenvalue weighted by atomic mass is 9.92. The second-order valence-electron chi connectivity index (χ2n) is 9.09. The first-order valence-electron chi connectivity index (χ1n) is 12.9. The summed E-state index contributed by atoms with van der Waals surface area (Å²) in [5.41, 5.74) is 2.33. The van der Waals surface area contributed by atoms with Crippen LogP contribution in [0.2, 0.25) is 0 Å². The van der Waals surface area contributed by atoms with Gasteiger partial charge in [0.25, 0.3) is 0 Å². The van der Waals surface area contributed by atoms with Crippen LogP contribution in [-0.2, 0) is 23.8 Å². The van der Waals surface area contributed by atoms with Gasteiger partial charge in [-0.05, 0) is 18.4 Å². The van der Waals surface area contributed by atoms with E-state index in [0.29, 0.717) is 53.3 Å². The molecule has 3 aliphatic rings. The average Bonchev–Trinajstić information content (AvgIpc) is 3.33. The average molecular weight is 561 g/mol. The molecule has 3 aliphatic heterocycles. The normalized spacial score (nSPS) is 19.3. The first-order chi connectivity index (χ1) is 19.0. The van der Waals surface area contributed by atoms with Gasteiger partial charge < -0.3 is 33.9 Å². The number of hydrogen-bond acceptors (Lipinski definition) is 11. The van der Waals surface area contributed by atoms with E-state index in [2.05, 4.69) is 10.2 Å². The number of carbonyl (C=O) groups excluding carboxylic acids is 2. The fraction of sp³-hybridized carbons (Fsp3) is 0.519. The zero-order valence-corrected chi connectivity index (χ0v) is 23.7. The van der Waals surface area contributed by atoms with E-state index in [1.54, 1.807) is 34.3 Å². The number of aliphatic imine (C=N–C) groups is 1. The van der Waals surface area contributed by atoms with Crippen LogP contribution in [0, 0.1) is 0 Å². The monoisotopic (exact) mass is 560 g/mol. The standard InChI is InChI=1S/C27H36N4O7S/c1-18-23(26(33)38-15-14-34-2)24(20-6-5-7-21(35-3)25(20)36-4)31-19(17-39-27(31)29-18)16-22(32)28-8-9-30-10-12-37-13-11-30/h5-7,17,24H,8-16H2,1-4H3,(H,28,32)/t24-/m0/s1. The molecule has 0 radical (unpaired) electrons. The molecule has 11 nitrogen and oxygen atoms in total. The molecule has 0 unspecified atom stereocenters. The van der Waals surface area contributed by atoms with Gasteiger partial charge in [0.15, 0.2) is 16.7 Å². The third-order valence-corrected chi connectivity index (χ3v) is 7.55. The Morgan fingerprint density at radius 1 is 1.15 bits per heavy atom. The quantitative estimate of drug-likeness (QED) is 0.302. The van der Waals surface area contributed by atoms with Crippen molar-refractivity contribution < 1.29 is 33.3 Å². The Morgan fingerprint density at radius 2 is 1.95 bits per heavy atom. The highest BCUT2D eigenvalue weighted by atomic mass is 32.2. The van der Waals surface area contributed by atoms with Gasteiger partial charge in [0.2, 0.25) is 5.91 Å². The lowest BCUT2D eigenvalue weighted by Crippen LogP contribution is -2.42. The van der Waals surface area contributed by atoms with Crippen LogP contribution in [-0.4, -0.2) is 101 Å². The highest BCUT2D eigenvalue weighted by molar-refractivity contribution is 8.16. The van der Waals surface area contributed by atoms with E-state index in [1.807, 2.05) is 22.4 Å². The molecule has 0 spiro atoms. The van der Waals surface area contributed by atoms with E-state index in [1.165, 1.54) is 11.8 Å². The molecule has 1 saturated heterocycles. The number of thioether (sulfide) groups is 1. The summed E-state index contributed by atoms with van der Waals surface area (Å²) < 4.78 is 27.3. The Kier molecular flexibility index (Phi) is 10.3. The van der Waals surface area contributed by atoms with E-state index >= 15 is 0 Å². The maximum Gasteiger partial charge on any atom is 0.338 e. The maximum atomic E-state index is 13.4. The summed E-state index contributed by atoms with van der Waals surface area (Å²) >= 11 is 1.42. The molecule has 1 atom stereocenters. The van der Waals surface area contributed by atoms with Crippen LogP contribution >= 0.6 is 11.8 Å². The minimum atomic E-state index is -0.639. The molecule has 12 heteroatoms. The number of fused-ring (bicyclic) bond motifs is 1. The zero-order valence-electron chi connectivity index (χ0n) is 22.9. The van der Waals surface area contributed by atoms with Crippen LogP contribution in [0.5, 0.6) is 11.5 Å². The van der Waals surface area contributed by atoms with Gasteiger partial charge >= 0.3 is 5.97 Å². The molecule has 0 aromatic heterocycles. The van der Waals surface area contributed by atoms with E-state index in [0.717, 1.165) is 25.3 Å². The number of amidine groups is 1. The number of ether oxygens (including phenoxy) is 5. The molecule has 1 fully saturated rings. The molecule has 0 aliphatic carbocycles. The molecule has 1 aromatic carbocycles. The number of esters is 1. The predicted octanol–water partition coefficient (Wildman–Crippen LogP) is 2.31. The Balaban J connectivity index is 1.60. The molecule has 3 heterocycles. The van der Waals surface area contributed by atoms with Crippen molar-refractivity contribution in [2.75, 3.05) is 73.9 Å². The third-order valence-electron chi connectivity index (χ3n) is 6.66. The van der Waals surface area contributed by atoms with Gasteiger partial charge in [-0.3, -0.25) is 9.69 Å². The molecule has 1 amide bonds. The summed E-state index contributed by atoms with van der Waals surface area (Å²) in [5, 5.41) is 5.61. The van der Waals surface area contributed by atoms with E-state index in [4.69, 9.17) is 28.7 Å². The van der Waals surface area contributed by atoms with E-state index in [9.17, 15) is 9.59 Å². The second-order valence-corrected chi connectivity index (χ2v) is 9.92. The van der Waals surface area contributed by atoms with Crippen molar-refractivity contribution in [3.63, 3.8) is 0 Å². The molecule has 1 aromatic rings. The smallest absolute Gasteiger partial charge is 0.338 e. The van der Waals surface area contributed by atoms with E-state index < -0.39 is 12.0 Å².